The van der Waals surface area contributed by atoms with Gasteiger partial charge in [0.1, 0.15) is 0 Å². The standard InChI is InChI=1S/C17H30N2O2/c1-6-13(3)11-19(7-2)12-15(18)14-8-9-16(20-4)17(10-14)21-5/h8-10,13,15H,6-7,11-12,18H2,1-5H3. The second-order valence-electron chi connectivity index (χ2n) is 5.59. The number of benzene rings is 1. The van der Waals surface area contributed by atoms with E-state index in [2.05, 4.69) is 25.7 Å². The van der Waals surface area contributed by atoms with Crippen molar-refractivity contribution in [1.82, 2.24) is 4.90 Å². The van der Waals surface area contributed by atoms with Crippen LogP contribution in [0.3, 0.4) is 0 Å². The molecule has 1 aromatic rings. The second-order valence-corrected chi connectivity index (χ2v) is 5.59. The van der Waals surface area contributed by atoms with Crippen LogP contribution in [0.4, 0.5) is 0 Å². The topological polar surface area (TPSA) is 47.7 Å². The highest BCUT2D eigenvalue weighted by atomic mass is 16.5. The number of nitrogens with zero attached hydrogens (tertiary/aromatic N) is 1. The summed E-state index contributed by atoms with van der Waals surface area (Å²) in [4.78, 5) is 2.41. The normalized spacial score (nSPS) is 14.0. The van der Waals surface area contributed by atoms with Gasteiger partial charge < -0.3 is 20.1 Å². The molecule has 1 aromatic carbocycles. The van der Waals surface area contributed by atoms with E-state index >= 15 is 0 Å². The molecule has 1 rings (SSSR count). The van der Waals surface area contributed by atoms with Crippen LogP contribution in [-0.2, 0) is 0 Å². The summed E-state index contributed by atoms with van der Waals surface area (Å²) in [5, 5.41) is 0. The van der Waals surface area contributed by atoms with Crippen LogP contribution in [0.2, 0.25) is 0 Å². The third kappa shape index (κ3) is 5.21. The van der Waals surface area contributed by atoms with Crippen molar-refractivity contribution in [2.45, 2.75) is 33.2 Å². The van der Waals surface area contributed by atoms with Crippen molar-refractivity contribution in [2.24, 2.45) is 11.7 Å². The van der Waals surface area contributed by atoms with Gasteiger partial charge in [0.25, 0.3) is 0 Å². The van der Waals surface area contributed by atoms with E-state index in [9.17, 15) is 0 Å². The molecule has 4 nitrogen and oxygen atoms in total. The van der Waals surface area contributed by atoms with E-state index in [-0.39, 0.29) is 6.04 Å². The van der Waals surface area contributed by atoms with Gasteiger partial charge in [0, 0.05) is 19.1 Å². The smallest absolute Gasteiger partial charge is 0.161 e. The van der Waals surface area contributed by atoms with Gasteiger partial charge in [0.05, 0.1) is 14.2 Å². The van der Waals surface area contributed by atoms with E-state index in [0.29, 0.717) is 5.92 Å². The molecule has 0 aliphatic rings. The van der Waals surface area contributed by atoms with Gasteiger partial charge in [-0.25, -0.2) is 0 Å². The largest absolute Gasteiger partial charge is 0.493 e. The lowest BCUT2D eigenvalue weighted by molar-refractivity contribution is 0.232. The fraction of sp³-hybridized carbons (Fsp3) is 0.647. The number of ether oxygens (including phenoxy) is 2. The zero-order valence-electron chi connectivity index (χ0n) is 14.1. The quantitative estimate of drug-likeness (QED) is 0.760. The molecule has 0 saturated heterocycles. The highest BCUT2D eigenvalue weighted by molar-refractivity contribution is 5.43. The number of hydrogen-bond acceptors (Lipinski definition) is 4. The van der Waals surface area contributed by atoms with Crippen molar-refractivity contribution in [2.75, 3.05) is 33.9 Å². The maximum absolute atomic E-state index is 6.37. The van der Waals surface area contributed by atoms with Crippen LogP contribution in [0.15, 0.2) is 18.2 Å². The summed E-state index contributed by atoms with van der Waals surface area (Å²) >= 11 is 0. The maximum Gasteiger partial charge on any atom is 0.161 e. The Kier molecular flexibility index (Phi) is 7.54. The van der Waals surface area contributed by atoms with Crippen LogP contribution in [0.5, 0.6) is 11.5 Å². The van der Waals surface area contributed by atoms with E-state index in [1.165, 1.54) is 6.42 Å². The van der Waals surface area contributed by atoms with Gasteiger partial charge in [0.15, 0.2) is 11.5 Å². The summed E-state index contributed by atoms with van der Waals surface area (Å²) in [5.74, 6) is 2.17. The number of hydrogen-bond donors (Lipinski definition) is 1. The summed E-state index contributed by atoms with van der Waals surface area (Å²) in [6.07, 6.45) is 1.20. The summed E-state index contributed by atoms with van der Waals surface area (Å²) in [6, 6.07) is 5.89. The average molecular weight is 294 g/mol. The molecule has 0 heterocycles. The first-order chi connectivity index (χ1) is 10.0. The Labute approximate surface area is 129 Å². The van der Waals surface area contributed by atoms with E-state index < -0.39 is 0 Å². The molecule has 0 aliphatic carbocycles. The lowest BCUT2D eigenvalue weighted by Crippen LogP contribution is -2.35. The zero-order valence-corrected chi connectivity index (χ0v) is 14.1. The van der Waals surface area contributed by atoms with Crippen molar-refractivity contribution in [3.05, 3.63) is 23.8 Å². The fourth-order valence-electron chi connectivity index (χ4n) is 2.37. The maximum atomic E-state index is 6.37. The highest BCUT2D eigenvalue weighted by Gasteiger charge is 2.15. The van der Waals surface area contributed by atoms with E-state index in [1.807, 2.05) is 18.2 Å². The van der Waals surface area contributed by atoms with Crippen molar-refractivity contribution < 1.29 is 9.47 Å². The van der Waals surface area contributed by atoms with Crippen molar-refractivity contribution in [1.29, 1.82) is 0 Å². The Bertz CT molecular complexity index is 423. The first kappa shape index (κ1) is 17.8. The van der Waals surface area contributed by atoms with Gasteiger partial charge in [-0.05, 0) is 30.2 Å². The van der Waals surface area contributed by atoms with Gasteiger partial charge in [-0.3, -0.25) is 0 Å². The molecule has 0 amide bonds. The summed E-state index contributed by atoms with van der Waals surface area (Å²) in [7, 11) is 3.29. The Hall–Kier alpha value is -1.26. The first-order valence-electron chi connectivity index (χ1n) is 7.75. The van der Waals surface area contributed by atoms with Crippen LogP contribution in [0, 0.1) is 5.92 Å². The molecule has 0 aliphatic heterocycles. The summed E-state index contributed by atoms with van der Waals surface area (Å²) in [5.41, 5.74) is 7.44. The fourth-order valence-corrected chi connectivity index (χ4v) is 2.37. The van der Waals surface area contributed by atoms with Gasteiger partial charge in [-0.1, -0.05) is 33.3 Å². The number of likely N-dealkylation sites (N-methyl/N-ethyl adjacent to an activating group) is 1. The van der Waals surface area contributed by atoms with Crippen molar-refractivity contribution in [3.63, 3.8) is 0 Å². The van der Waals surface area contributed by atoms with Gasteiger partial charge >= 0.3 is 0 Å². The predicted molar refractivity (Wildman–Crippen MR) is 88.0 cm³/mol. The minimum atomic E-state index is -0.0196. The highest BCUT2D eigenvalue weighted by Crippen LogP contribution is 2.29. The molecule has 21 heavy (non-hydrogen) atoms. The number of nitrogens with two attached hydrogens (primary N) is 1. The van der Waals surface area contributed by atoms with Gasteiger partial charge in [-0.15, -0.1) is 0 Å². The third-order valence-corrected chi connectivity index (χ3v) is 4.00. The molecule has 2 N–H and O–H groups in total. The Balaban J connectivity index is 2.75. The molecular weight excluding hydrogens is 264 g/mol. The summed E-state index contributed by atoms with van der Waals surface area (Å²) < 4.78 is 10.6. The second kappa shape index (κ2) is 8.90. The molecule has 2 unspecified atom stereocenters. The molecule has 0 saturated carbocycles. The Morgan fingerprint density at radius 1 is 1.10 bits per heavy atom. The van der Waals surface area contributed by atoms with Crippen molar-refractivity contribution >= 4 is 0 Å². The van der Waals surface area contributed by atoms with E-state index in [1.54, 1.807) is 14.2 Å². The minimum absolute atomic E-state index is 0.0196. The molecular formula is C17H30N2O2. The van der Waals surface area contributed by atoms with Crippen LogP contribution >= 0.6 is 0 Å². The summed E-state index contributed by atoms with van der Waals surface area (Å²) in [6.45, 7) is 9.66. The Morgan fingerprint density at radius 2 is 1.76 bits per heavy atom. The minimum Gasteiger partial charge on any atom is -0.493 e. The zero-order chi connectivity index (χ0) is 15.8. The molecule has 0 fully saturated rings. The molecule has 0 radical (unpaired) electrons. The number of rotatable bonds is 9. The lowest BCUT2D eigenvalue weighted by atomic mass is 10.0. The SMILES string of the molecule is CCC(C)CN(CC)CC(N)c1ccc(OC)c(OC)c1. The molecule has 0 aromatic heterocycles. The molecule has 2 atom stereocenters. The van der Waals surface area contributed by atoms with Crippen molar-refractivity contribution in [3.8, 4) is 11.5 Å². The predicted octanol–water partition coefficient (Wildman–Crippen LogP) is 3.07. The van der Waals surface area contributed by atoms with Crippen LogP contribution < -0.4 is 15.2 Å². The van der Waals surface area contributed by atoms with Crippen LogP contribution in [-0.4, -0.2) is 38.8 Å². The number of methoxy groups -OCH3 is 2. The van der Waals surface area contributed by atoms with Crippen LogP contribution in [0.1, 0.15) is 38.8 Å². The van der Waals surface area contributed by atoms with Gasteiger partial charge in [-0.2, -0.15) is 0 Å². The van der Waals surface area contributed by atoms with Gasteiger partial charge in [0.2, 0.25) is 0 Å². The molecule has 120 valence electrons. The van der Waals surface area contributed by atoms with E-state index in [4.69, 9.17) is 15.2 Å². The van der Waals surface area contributed by atoms with Crippen LogP contribution in [0.25, 0.3) is 0 Å². The average Bonchev–Trinajstić information content (AvgIpc) is 2.52. The molecule has 0 bridgehead atoms. The lowest BCUT2D eigenvalue weighted by Gasteiger charge is -2.27. The van der Waals surface area contributed by atoms with E-state index in [0.717, 1.165) is 36.7 Å². The monoisotopic (exact) mass is 294 g/mol. The molecule has 4 heteroatoms. The first-order valence-corrected chi connectivity index (χ1v) is 7.75. The Morgan fingerprint density at radius 3 is 2.29 bits per heavy atom. The third-order valence-electron chi connectivity index (χ3n) is 4.00. The molecule has 0 spiro atoms.